The predicted molar refractivity (Wildman–Crippen MR) is 85.9 cm³/mol. The molecule has 6 nitrogen and oxygen atoms in total. The molecule has 2 aliphatic rings. The van der Waals surface area contributed by atoms with Gasteiger partial charge in [-0.15, -0.1) is 0 Å². The number of hydrogen-bond acceptors (Lipinski definition) is 6. The van der Waals surface area contributed by atoms with Crippen LogP contribution >= 0.6 is 0 Å². The minimum Gasteiger partial charge on any atom is -0.464 e. The van der Waals surface area contributed by atoms with Crippen LogP contribution in [0.1, 0.15) is 19.3 Å². The molecule has 1 N–H and O–H groups in total. The van der Waals surface area contributed by atoms with E-state index in [0.29, 0.717) is 12.4 Å². The maximum Gasteiger partial charge on any atom is 0.293 e. The Morgan fingerprint density at radius 3 is 2.55 bits per heavy atom. The van der Waals surface area contributed by atoms with Gasteiger partial charge in [-0.25, -0.2) is 0 Å². The minimum absolute atomic E-state index is 0.0665. The van der Waals surface area contributed by atoms with Gasteiger partial charge in [-0.05, 0) is 25.8 Å². The predicted octanol–water partition coefficient (Wildman–Crippen LogP) is 0.182. The fourth-order valence-electron chi connectivity index (χ4n) is 3.45. The molecule has 0 bridgehead atoms. The zero-order valence-electron chi connectivity index (χ0n) is 13.8. The number of ether oxygens (including phenoxy) is 2. The molecule has 6 heteroatoms. The van der Waals surface area contributed by atoms with E-state index in [9.17, 15) is 4.79 Å². The molecule has 0 saturated carbocycles. The summed E-state index contributed by atoms with van der Waals surface area (Å²) in [6.07, 6.45) is 3.36. The standard InChI is InChI=1S/C16H31N3O3/c1-21-12-11-19-9-7-18(8-10-19)6-4-16(22-14-20)15-3-2-5-17-13-15/h14-17H,2-13H2,1H3. The summed E-state index contributed by atoms with van der Waals surface area (Å²) in [4.78, 5) is 15.7. The summed E-state index contributed by atoms with van der Waals surface area (Å²) < 4.78 is 10.5. The Hall–Kier alpha value is -0.690. The second-order valence-electron chi connectivity index (χ2n) is 6.34. The van der Waals surface area contributed by atoms with Gasteiger partial charge in [0.05, 0.1) is 6.61 Å². The zero-order chi connectivity index (χ0) is 15.6. The topological polar surface area (TPSA) is 54.0 Å². The first-order chi connectivity index (χ1) is 10.8. The number of carbonyl (C=O) groups excluding carboxylic acids is 1. The van der Waals surface area contributed by atoms with E-state index < -0.39 is 0 Å². The highest BCUT2D eigenvalue weighted by molar-refractivity contribution is 5.37. The van der Waals surface area contributed by atoms with Gasteiger partial charge >= 0.3 is 0 Å². The quantitative estimate of drug-likeness (QED) is 0.613. The largest absolute Gasteiger partial charge is 0.464 e. The van der Waals surface area contributed by atoms with E-state index in [0.717, 1.165) is 71.8 Å². The Kier molecular flexibility index (Phi) is 8.15. The maximum atomic E-state index is 10.8. The fraction of sp³-hybridized carbons (Fsp3) is 0.938. The summed E-state index contributed by atoms with van der Waals surface area (Å²) in [5.74, 6) is 0.474. The van der Waals surface area contributed by atoms with Gasteiger partial charge in [0.1, 0.15) is 6.10 Å². The van der Waals surface area contributed by atoms with Gasteiger partial charge in [-0.3, -0.25) is 9.69 Å². The van der Waals surface area contributed by atoms with Crippen LogP contribution in [0.5, 0.6) is 0 Å². The van der Waals surface area contributed by atoms with Gasteiger partial charge in [0, 0.05) is 58.8 Å². The van der Waals surface area contributed by atoms with Gasteiger partial charge in [0.25, 0.3) is 6.47 Å². The third kappa shape index (κ3) is 5.83. The monoisotopic (exact) mass is 313 g/mol. The van der Waals surface area contributed by atoms with E-state index in [2.05, 4.69) is 15.1 Å². The number of carbonyl (C=O) groups is 1. The highest BCUT2D eigenvalue weighted by Crippen LogP contribution is 2.20. The average molecular weight is 313 g/mol. The lowest BCUT2D eigenvalue weighted by atomic mass is 9.91. The van der Waals surface area contributed by atoms with Crippen molar-refractivity contribution in [3.63, 3.8) is 0 Å². The van der Waals surface area contributed by atoms with Crippen molar-refractivity contribution in [1.29, 1.82) is 0 Å². The van der Waals surface area contributed by atoms with Crippen LogP contribution in [-0.4, -0.2) is 88.5 Å². The van der Waals surface area contributed by atoms with Gasteiger partial charge in [-0.2, -0.15) is 0 Å². The first-order valence-electron chi connectivity index (χ1n) is 8.57. The molecule has 2 fully saturated rings. The van der Waals surface area contributed by atoms with Crippen molar-refractivity contribution in [2.45, 2.75) is 25.4 Å². The van der Waals surface area contributed by atoms with Gasteiger partial charge in [-0.1, -0.05) is 0 Å². The first kappa shape index (κ1) is 17.7. The van der Waals surface area contributed by atoms with Crippen LogP contribution in [0.3, 0.4) is 0 Å². The molecule has 2 heterocycles. The van der Waals surface area contributed by atoms with Crippen molar-refractivity contribution in [2.75, 3.05) is 66.1 Å². The molecule has 2 rings (SSSR count). The Bertz CT molecular complexity index is 303. The highest BCUT2D eigenvalue weighted by atomic mass is 16.5. The number of rotatable bonds is 9. The maximum absolute atomic E-state index is 10.8. The molecule has 0 radical (unpaired) electrons. The summed E-state index contributed by atoms with van der Waals surface area (Å²) >= 11 is 0. The van der Waals surface area contributed by atoms with Crippen LogP contribution in [0.2, 0.25) is 0 Å². The van der Waals surface area contributed by atoms with Crippen LogP contribution in [-0.2, 0) is 14.3 Å². The third-order valence-electron chi connectivity index (χ3n) is 4.90. The van der Waals surface area contributed by atoms with Crippen LogP contribution in [0.4, 0.5) is 0 Å². The zero-order valence-corrected chi connectivity index (χ0v) is 13.8. The molecule has 2 atom stereocenters. The summed E-state index contributed by atoms with van der Waals surface area (Å²) in [6, 6.07) is 0. The number of methoxy groups -OCH3 is 1. The summed E-state index contributed by atoms with van der Waals surface area (Å²) in [6.45, 7) is 9.95. The van der Waals surface area contributed by atoms with E-state index in [1.54, 1.807) is 7.11 Å². The molecule has 22 heavy (non-hydrogen) atoms. The van der Waals surface area contributed by atoms with Gasteiger partial charge < -0.3 is 19.7 Å². The molecule has 0 aromatic rings. The van der Waals surface area contributed by atoms with E-state index in [4.69, 9.17) is 9.47 Å². The molecular weight excluding hydrogens is 282 g/mol. The number of piperidine rings is 1. The van der Waals surface area contributed by atoms with Crippen molar-refractivity contribution < 1.29 is 14.3 Å². The van der Waals surface area contributed by atoms with E-state index >= 15 is 0 Å². The fourth-order valence-corrected chi connectivity index (χ4v) is 3.45. The number of piperazine rings is 1. The molecular formula is C16H31N3O3. The van der Waals surface area contributed by atoms with Crippen molar-refractivity contribution >= 4 is 6.47 Å². The molecule has 2 aliphatic heterocycles. The molecule has 2 unspecified atom stereocenters. The molecule has 0 spiro atoms. The van der Waals surface area contributed by atoms with Crippen molar-refractivity contribution in [3.05, 3.63) is 0 Å². The second-order valence-corrected chi connectivity index (χ2v) is 6.34. The molecule has 128 valence electrons. The Balaban J connectivity index is 1.67. The minimum atomic E-state index is 0.0665. The molecule has 0 aromatic carbocycles. The number of nitrogens with zero attached hydrogens (tertiary/aromatic N) is 2. The van der Waals surface area contributed by atoms with Gasteiger partial charge in [0.2, 0.25) is 0 Å². The summed E-state index contributed by atoms with van der Waals surface area (Å²) in [5, 5.41) is 3.41. The molecule has 2 saturated heterocycles. The lowest BCUT2D eigenvalue weighted by Crippen LogP contribution is -2.48. The molecule has 0 aliphatic carbocycles. The van der Waals surface area contributed by atoms with Crippen molar-refractivity contribution in [3.8, 4) is 0 Å². The van der Waals surface area contributed by atoms with Crippen LogP contribution in [0, 0.1) is 5.92 Å². The number of nitrogens with one attached hydrogen (secondary N) is 1. The summed E-state index contributed by atoms with van der Waals surface area (Å²) in [7, 11) is 1.75. The SMILES string of the molecule is COCCN1CCN(CCC(OC=O)C2CCCNC2)CC1. The number of hydrogen-bond donors (Lipinski definition) is 1. The Labute approximate surface area is 134 Å². The lowest BCUT2D eigenvalue weighted by molar-refractivity contribution is -0.137. The average Bonchev–Trinajstić information content (AvgIpc) is 2.58. The van der Waals surface area contributed by atoms with Crippen molar-refractivity contribution in [1.82, 2.24) is 15.1 Å². The lowest BCUT2D eigenvalue weighted by Gasteiger charge is -2.36. The van der Waals surface area contributed by atoms with Crippen LogP contribution < -0.4 is 5.32 Å². The van der Waals surface area contributed by atoms with E-state index in [-0.39, 0.29) is 6.10 Å². The normalized spacial score (nSPS) is 25.8. The van der Waals surface area contributed by atoms with Crippen LogP contribution in [0.15, 0.2) is 0 Å². The van der Waals surface area contributed by atoms with Gasteiger partial charge in [0.15, 0.2) is 0 Å². The van der Waals surface area contributed by atoms with Crippen molar-refractivity contribution in [2.24, 2.45) is 5.92 Å². The third-order valence-corrected chi connectivity index (χ3v) is 4.90. The van der Waals surface area contributed by atoms with E-state index in [1.165, 1.54) is 6.42 Å². The smallest absolute Gasteiger partial charge is 0.293 e. The molecule has 0 amide bonds. The van der Waals surface area contributed by atoms with Crippen LogP contribution in [0.25, 0.3) is 0 Å². The Morgan fingerprint density at radius 2 is 1.95 bits per heavy atom. The molecule has 0 aromatic heterocycles. The first-order valence-corrected chi connectivity index (χ1v) is 8.57. The highest BCUT2D eigenvalue weighted by Gasteiger charge is 2.26. The summed E-state index contributed by atoms with van der Waals surface area (Å²) in [5.41, 5.74) is 0. The van der Waals surface area contributed by atoms with E-state index in [1.807, 2.05) is 0 Å². The Morgan fingerprint density at radius 1 is 1.23 bits per heavy atom. The second kappa shape index (κ2) is 10.2.